The fraction of sp³-hybridized carbons (Fsp3) is 0.0476. The van der Waals surface area contributed by atoms with Crippen molar-refractivity contribution >= 4 is 76.0 Å². The first-order valence-electron chi connectivity index (χ1n) is 9.08. The molecule has 0 fully saturated rings. The van der Waals surface area contributed by atoms with E-state index in [4.69, 9.17) is 11.6 Å². The normalized spacial score (nSPS) is 11.6. The van der Waals surface area contributed by atoms with Crippen LogP contribution < -0.4 is 9.86 Å². The van der Waals surface area contributed by atoms with Gasteiger partial charge in [-0.2, -0.15) is 0 Å². The van der Waals surface area contributed by atoms with Gasteiger partial charge in [-0.15, -0.1) is 0 Å². The molecule has 0 saturated heterocycles. The first kappa shape index (κ1) is 22.8. The van der Waals surface area contributed by atoms with Gasteiger partial charge in [0.2, 0.25) is 0 Å². The Morgan fingerprint density at radius 3 is 2.38 bits per heavy atom. The summed E-state index contributed by atoms with van der Waals surface area (Å²) in [5.41, 5.74) is 0.443. The molecule has 0 atom stereocenters. The number of anilines is 1. The van der Waals surface area contributed by atoms with E-state index in [0.717, 1.165) is 8.99 Å². The fourth-order valence-electron chi connectivity index (χ4n) is 3.18. The van der Waals surface area contributed by atoms with Crippen LogP contribution in [-0.2, 0) is 10.0 Å². The first-order chi connectivity index (χ1) is 15.1. The molecule has 3 aromatic carbocycles. The molecular weight excluding hydrogens is 586 g/mol. The minimum absolute atomic E-state index is 0.0820. The van der Waals surface area contributed by atoms with Crippen LogP contribution in [0, 0.1) is 0 Å². The van der Waals surface area contributed by atoms with Crippen molar-refractivity contribution in [3.05, 3.63) is 90.5 Å². The van der Waals surface area contributed by atoms with E-state index >= 15 is 0 Å². The Labute approximate surface area is 204 Å². The molecule has 164 valence electrons. The summed E-state index contributed by atoms with van der Waals surface area (Å²) in [6, 6.07) is 15.5. The number of aromatic amines is 1. The number of benzene rings is 3. The molecule has 32 heavy (non-hydrogen) atoms. The Balaban J connectivity index is 1.79. The Hall–Kier alpha value is -2.40. The van der Waals surface area contributed by atoms with Crippen LogP contribution in [-0.4, -0.2) is 31.2 Å². The average molecular weight is 600 g/mol. The van der Waals surface area contributed by atoms with Gasteiger partial charge in [0, 0.05) is 26.6 Å². The van der Waals surface area contributed by atoms with Crippen molar-refractivity contribution in [2.45, 2.75) is 4.90 Å². The van der Waals surface area contributed by atoms with Gasteiger partial charge in [0.25, 0.3) is 21.5 Å². The predicted octanol–water partition coefficient (Wildman–Crippen LogP) is 5.02. The van der Waals surface area contributed by atoms with Gasteiger partial charge in [-0.25, -0.2) is 13.1 Å². The summed E-state index contributed by atoms with van der Waals surface area (Å²) < 4.78 is 29.7. The van der Waals surface area contributed by atoms with Crippen LogP contribution in [0.5, 0.6) is 0 Å². The maximum Gasteiger partial charge on any atom is 0.277 e. The van der Waals surface area contributed by atoms with E-state index in [-0.39, 0.29) is 10.5 Å². The second-order valence-corrected chi connectivity index (χ2v) is 11.1. The number of halogens is 3. The molecule has 0 aliphatic heterocycles. The standard InChI is InChI=1S/C21H14Br2ClN3O4S/c1-26(16-5-3-15(24)4-6-16)32(30,31)17-9-12(8-14(23)10-17)21(29)27-19-7-2-13(22)11-18(19)20(28)25-27/h2-11H,1H3,(H,25,28). The zero-order valence-corrected chi connectivity index (χ0v) is 21.1. The fourth-order valence-corrected chi connectivity index (χ4v) is 5.58. The zero-order valence-electron chi connectivity index (χ0n) is 16.3. The number of fused-ring (bicyclic) bond motifs is 1. The van der Waals surface area contributed by atoms with Crippen molar-refractivity contribution in [3.8, 4) is 0 Å². The van der Waals surface area contributed by atoms with E-state index in [0.29, 0.717) is 30.6 Å². The molecule has 0 spiro atoms. The summed E-state index contributed by atoms with van der Waals surface area (Å²) in [5.74, 6) is -0.577. The Morgan fingerprint density at radius 2 is 1.69 bits per heavy atom. The van der Waals surface area contributed by atoms with Crippen LogP contribution in [0.2, 0.25) is 5.02 Å². The molecule has 0 bridgehead atoms. The van der Waals surface area contributed by atoms with Crippen LogP contribution in [0.15, 0.2) is 79.3 Å². The molecule has 7 nitrogen and oxygen atoms in total. The first-order valence-corrected chi connectivity index (χ1v) is 12.5. The van der Waals surface area contributed by atoms with Gasteiger partial charge in [0.1, 0.15) is 0 Å². The maximum atomic E-state index is 13.2. The summed E-state index contributed by atoms with van der Waals surface area (Å²) in [6.07, 6.45) is 0. The molecule has 0 radical (unpaired) electrons. The molecule has 4 aromatic rings. The number of carbonyl (C=O) groups excluding carboxylic acids is 1. The summed E-state index contributed by atoms with van der Waals surface area (Å²) in [4.78, 5) is 25.4. The summed E-state index contributed by atoms with van der Waals surface area (Å²) in [6.45, 7) is 0. The highest BCUT2D eigenvalue weighted by Crippen LogP contribution is 2.27. The molecule has 0 aliphatic carbocycles. The highest BCUT2D eigenvalue weighted by atomic mass is 79.9. The number of rotatable bonds is 4. The molecule has 0 amide bonds. The molecule has 0 aliphatic rings. The van der Waals surface area contributed by atoms with Gasteiger partial charge in [-0.3, -0.25) is 19.0 Å². The quantitative estimate of drug-likeness (QED) is 0.357. The Morgan fingerprint density at radius 1 is 1.00 bits per heavy atom. The number of aromatic nitrogens is 2. The summed E-state index contributed by atoms with van der Waals surface area (Å²) >= 11 is 12.5. The second-order valence-electron chi connectivity index (χ2n) is 6.87. The van der Waals surface area contributed by atoms with Crippen LogP contribution in [0.25, 0.3) is 10.9 Å². The highest BCUT2D eigenvalue weighted by molar-refractivity contribution is 9.10. The highest BCUT2D eigenvalue weighted by Gasteiger charge is 2.24. The van der Waals surface area contributed by atoms with Crippen LogP contribution in [0.3, 0.4) is 0 Å². The molecule has 4 rings (SSSR count). The van der Waals surface area contributed by atoms with Gasteiger partial charge < -0.3 is 0 Å². The van der Waals surface area contributed by atoms with Gasteiger partial charge in [-0.05, 0) is 60.7 Å². The van der Waals surface area contributed by atoms with E-state index in [9.17, 15) is 18.0 Å². The number of carbonyl (C=O) groups is 1. The second kappa shape index (κ2) is 8.51. The van der Waals surface area contributed by atoms with Crippen molar-refractivity contribution in [2.24, 2.45) is 0 Å². The number of nitrogens with one attached hydrogen (secondary N) is 1. The van der Waals surface area contributed by atoms with Crippen LogP contribution >= 0.6 is 43.5 Å². The predicted molar refractivity (Wildman–Crippen MR) is 131 cm³/mol. The third kappa shape index (κ3) is 4.15. The lowest BCUT2D eigenvalue weighted by atomic mass is 10.2. The molecular formula is C21H14Br2ClN3O4S. The van der Waals surface area contributed by atoms with Gasteiger partial charge in [0.05, 0.1) is 21.5 Å². The van der Waals surface area contributed by atoms with Gasteiger partial charge in [-0.1, -0.05) is 43.5 Å². The van der Waals surface area contributed by atoms with Crippen molar-refractivity contribution in [2.75, 3.05) is 11.4 Å². The zero-order chi connectivity index (χ0) is 23.2. The molecule has 0 saturated carbocycles. The third-order valence-electron chi connectivity index (χ3n) is 4.83. The van der Waals surface area contributed by atoms with Crippen LogP contribution in [0.4, 0.5) is 5.69 Å². The topological polar surface area (TPSA) is 92.2 Å². The number of hydrogen-bond acceptors (Lipinski definition) is 4. The van der Waals surface area contributed by atoms with Gasteiger partial charge >= 0.3 is 0 Å². The van der Waals surface area contributed by atoms with E-state index in [1.54, 1.807) is 42.5 Å². The van der Waals surface area contributed by atoms with Crippen LogP contribution in [0.1, 0.15) is 10.4 Å². The van der Waals surface area contributed by atoms with Crippen molar-refractivity contribution in [3.63, 3.8) is 0 Å². The Kier molecular flexibility index (Phi) is 6.06. The lowest BCUT2D eigenvalue weighted by molar-refractivity contribution is 0.0949. The number of H-pyrrole nitrogens is 1. The number of hydrogen-bond donors (Lipinski definition) is 1. The average Bonchev–Trinajstić information content (AvgIpc) is 3.08. The molecule has 0 unspecified atom stereocenters. The third-order valence-corrected chi connectivity index (χ3v) is 7.79. The minimum atomic E-state index is -3.99. The molecule has 1 N–H and O–H groups in total. The van der Waals surface area contributed by atoms with E-state index < -0.39 is 21.5 Å². The van der Waals surface area contributed by atoms with Gasteiger partial charge in [0.15, 0.2) is 0 Å². The summed E-state index contributed by atoms with van der Waals surface area (Å²) in [5, 5.41) is 3.33. The van der Waals surface area contributed by atoms with E-state index in [1.165, 1.54) is 25.2 Å². The maximum absolute atomic E-state index is 13.2. The lowest BCUT2D eigenvalue weighted by Gasteiger charge is -2.20. The molecule has 11 heteroatoms. The molecule has 1 heterocycles. The SMILES string of the molecule is CN(c1ccc(Cl)cc1)S(=O)(=O)c1cc(Br)cc(C(=O)n2[nH]c(=O)c3cc(Br)ccc32)c1. The smallest absolute Gasteiger partial charge is 0.269 e. The van der Waals surface area contributed by atoms with Crippen molar-refractivity contribution < 1.29 is 13.2 Å². The number of nitrogens with zero attached hydrogens (tertiary/aromatic N) is 2. The Bertz CT molecular complexity index is 1530. The minimum Gasteiger partial charge on any atom is -0.269 e. The monoisotopic (exact) mass is 597 g/mol. The number of sulfonamides is 1. The summed E-state index contributed by atoms with van der Waals surface area (Å²) in [7, 11) is -2.58. The lowest BCUT2D eigenvalue weighted by Crippen LogP contribution is -2.27. The van der Waals surface area contributed by atoms with Crippen molar-refractivity contribution in [1.29, 1.82) is 0 Å². The molecule has 1 aromatic heterocycles. The van der Waals surface area contributed by atoms with E-state index in [2.05, 4.69) is 37.0 Å². The van der Waals surface area contributed by atoms with E-state index in [1.807, 2.05) is 0 Å². The van der Waals surface area contributed by atoms with Crippen molar-refractivity contribution in [1.82, 2.24) is 9.78 Å². The largest absolute Gasteiger partial charge is 0.277 e.